The van der Waals surface area contributed by atoms with Crippen LogP contribution in [-0.2, 0) is 10.2 Å². The maximum Gasteiger partial charge on any atom is 0.138 e. The average Bonchev–Trinajstić information content (AvgIpc) is 2.76. The summed E-state index contributed by atoms with van der Waals surface area (Å²) >= 11 is 0. The fourth-order valence-electron chi connectivity index (χ4n) is 2.10. The van der Waals surface area contributed by atoms with Crippen molar-refractivity contribution in [2.45, 2.75) is 44.7 Å². The van der Waals surface area contributed by atoms with Gasteiger partial charge in [-0.3, -0.25) is 0 Å². The van der Waals surface area contributed by atoms with Crippen LogP contribution in [0.1, 0.15) is 44.4 Å². The van der Waals surface area contributed by atoms with Gasteiger partial charge in [0.1, 0.15) is 6.29 Å². The van der Waals surface area contributed by atoms with Gasteiger partial charge in [-0.15, -0.1) is 0 Å². The second-order valence-corrected chi connectivity index (χ2v) is 5.69. The van der Waals surface area contributed by atoms with E-state index in [0.29, 0.717) is 0 Å². The summed E-state index contributed by atoms with van der Waals surface area (Å²) in [6.45, 7) is 6.62. The number of carbonyl (C=O) groups excluding carboxylic acids is 1. The van der Waals surface area contributed by atoms with Crippen molar-refractivity contribution < 1.29 is 4.79 Å². The second-order valence-electron chi connectivity index (χ2n) is 5.69. The molecule has 0 bridgehead atoms. The lowest BCUT2D eigenvalue weighted by atomic mass is 9.86. The zero-order valence-corrected chi connectivity index (χ0v) is 10.7. The monoisotopic (exact) mass is 232 g/mol. The molecule has 1 aliphatic heterocycles. The molecule has 17 heavy (non-hydrogen) atoms. The third kappa shape index (κ3) is 2.73. The van der Waals surface area contributed by atoms with Crippen LogP contribution in [0, 0.1) is 0 Å². The van der Waals surface area contributed by atoms with Gasteiger partial charge in [-0.25, -0.2) is 10.9 Å². The van der Waals surface area contributed by atoms with E-state index < -0.39 is 0 Å². The molecule has 2 unspecified atom stereocenters. The Morgan fingerprint density at radius 2 is 1.82 bits per heavy atom. The number of aldehydes is 1. The van der Waals surface area contributed by atoms with Crippen LogP contribution in [-0.4, -0.2) is 12.3 Å². The Labute approximate surface area is 103 Å². The Hall–Kier alpha value is -1.19. The van der Waals surface area contributed by atoms with Gasteiger partial charge < -0.3 is 4.79 Å². The molecule has 92 valence electrons. The molecule has 0 spiro atoms. The van der Waals surface area contributed by atoms with E-state index in [2.05, 4.69) is 55.9 Å². The Kier molecular flexibility index (Phi) is 3.31. The van der Waals surface area contributed by atoms with Crippen LogP contribution < -0.4 is 10.9 Å². The van der Waals surface area contributed by atoms with Crippen LogP contribution in [0.3, 0.4) is 0 Å². The predicted molar refractivity (Wildman–Crippen MR) is 68.6 cm³/mol. The topological polar surface area (TPSA) is 41.1 Å². The van der Waals surface area contributed by atoms with Crippen molar-refractivity contribution in [3.8, 4) is 0 Å². The highest BCUT2D eigenvalue weighted by Crippen LogP contribution is 2.26. The molecule has 0 saturated carbocycles. The Bertz CT molecular complexity index is 392. The van der Waals surface area contributed by atoms with E-state index >= 15 is 0 Å². The van der Waals surface area contributed by atoms with Crippen LogP contribution in [0.15, 0.2) is 24.3 Å². The lowest BCUT2D eigenvalue weighted by molar-refractivity contribution is -0.109. The van der Waals surface area contributed by atoms with Gasteiger partial charge >= 0.3 is 0 Å². The summed E-state index contributed by atoms with van der Waals surface area (Å²) in [5, 5.41) is 0. The fraction of sp³-hybridized carbons (Fsp3) is 0.500. The summed E-state index contributed by atoms with van der Waals surface area (Å²) in [6, 6.07) is 8.80. The molecule has 2 atom stereocenters. The molecule has 3 nitrogen and oxygen atoms in total. The van der Waals surface area contributed by atoms with Crippen LogP contribution in [0.5, 0.6) is 0 Å². The maximum absolute atomic E-state index is 10.7. The molecule has 1 aromatic carbocycles. The smallest absolute Gasteiger partial charge is 0.138 e. The summed E-state index contributed by atoms with van der Waals surface area (Å²) in [5.41, 5.74) is 8.88. The molecule has 0 aromatic heterocycles. The number of benzene rings is 1. The Balaban J connectivity index is 2.11. The van der Waals surface area contributed by atoms with Crippen molar-refractivity contribution in [3.05, 3.63) is 35.4 Å². The highest BCUT2D eigenvalue weighted by Gasteiger charge is 2.24. The quantitative estimate of drug-likeness (QED) is 0.767. The van der Waals surface area contributed by atoms with Crippen LogP contribution in [0.2, 0.25) is 0 Å². The van der Waals surface area contributed by atoms with Crippen molar-refractivity contribution in [2.24, 2.45) is 0 Å². The van der Waals surface area contributed by atoms with Crippen LogP contribution >= 0.6 is 0 Å². The molecule has 1 aromatic rings. The normalized spacial score (nSPS) is 24.9. The molecule has 3 heteroatoms. The number of hydrogen-bond acceptors (Lipinski definition) is 3. The van der Waals surface area contributed by atoms with E-state index in [1.165, 1.54) is 11.1 Å². The minimum Gasteiger partial charge on any atom is -0.302 e. The first kappa shape index (κ1) is 12.3. The number of hydrogen-bond donors (Lipinski definition) is 2. The van der Waals surface area contributed by atoms with Crippen molar-refractivity contribution >= 4 is 6.29 Å². The van der Waals surface area contributed by atoms with Crippen LogP contribution in [0.25, 0.3) is 0 Å². The number of nitrogens with one attached hydrogen (secondary N) is 2. The summed E-state index contributed by atoms with van der Waals surface area (Å²) in [7, 11) is 0. The zero-order chi connectivity index (χ0) is 12.5. The standard InChI is InChI=1S/C14H20N2O/c1-14(2,3)11-6-4-10(5-7-11)13-8-12(9-17)15-16-13/h4-7,9,12-13,15-16H,8H2,1-3H3. The molecular formula is C14H20N2O. The third-order valence-electron chi connectivity index (χ3n) is 3.28. The second kappa shape index (κ2) is 4.59. The van der Waals surface area contributed by atoms with Gasteiger partial charge in [0.25, 0.3) is 0 Å². The van der Waals surface area contributed by atoms with Crippen molar-refractivity contribution in [1.29, 1.82) is 0 Å². The highest BCUT2D eigenvalue weighted by atomic mass is 16.1. The SMILES string of the molecule is CC(C)(C)c1ccc(C2CC(C=O)NN2)cc1. The largest absolute Gasteiger partial charge is 0.302 e. The molecule has 2 rings (SSSR count). The number of carbonyl (C=O) groups is 1. The summed E-state index contributed by atoms with van der Waals surface area (Å²) < 4.78 is 0. The zero-order valence-electron chi connectivity index (χ0n) is 10.7. The first-order chi connectivity index (χ1) is 8.00. The molecule has 2 N–H and O–H groups in total. The summed E-state index contributed by atoms with van der Waals surface area (Å²) in [6.07, 6.45) is 1.77. The lowest BCUT2D eigenvalue weighted by Crippen LogP contribution is -2.31. The van der Waals surface area contributed by atoms with Gasteiger partial charge in [0, 0.05) is 6.04 Å². The van der Waals surface area contributed by atoms with Gasteiger partial charge in [0.2, 0.25) is 0 Å². The van der Waals surface area contributed by atoms with Gasteiger partial charge in [0.15, 0.2) is 0 Å². The van der Waals surface area contributed by atoms with E-state index in [0.717, 1.165) is 12.7 Å². The molecule has 0 radical (unpaired) electrons. The lowest BCUT2D eigenvalue weighted by Gasteiger charge is -2.20. The van der Waals surface area contributed by atoms with Gasteiger partial charge in [0.05, 0.1) is 6.04 Å². The van der Waals surface area contributed by atoms with E-state index in [-0.39, 0.29) is 17.5 Å². The van der Waals surface area contributed by atoms with E-state index in [4.69, 9.17) is 0 Å². The van der Waals surface area contributed by atoms with Crippen LogP contribution in [0.4, 0.5) is 0 Å². The molecule has 1 fully saturated rings. The molecule has 0 aliphatic carbocycles. The minimum absolute atomic E-state index is 0.0673. The first-order valence-corrected chi connectivity index (χ1v) is 6.07. The van der Waals surface area contributed by atoms with E-state index in [9.17, 15) is 4.79 Å². The fourth-order valence-corrected chi connectivity index (χ4v) is 2.10. The predicted octanol–water partition coefficient (Wildman–Crippen LogP) is 2.09. The molecular weight excluding hydrogens is 212 g/mol. The third-order valence-corrected chi connectivity index (χ3v) is 3.28. The molecule has 0 amide bonds. The number of rotatable bonds is 2. The molecule has 1 saturated heterocycles. The first-order valence-electron chi connectivity index (χ1n) is 6.07. The number of hydrazine groups is 1. The highest BCUT2D eigenvalue weighted by molar-refractivity contribution is 5.58. The van der Waals surface area contributed by atoms with Gasteiger partial charge in [-0.2, -0.15) is 0 Å². The summed E-state index contributed by atoms with van der Waals surface area (Å²) in [4.78, 5) is 10.7. The van der Waals surface area contributed by atoms with Gasteiger partial charge in [-0.1, -0.05) is 45.0 Å². The Morgan fingerprint density at radius 1 is 1.18 bits per heavy atom. The van der Waals surface area contributed by atoms with E-state index in [1.807, 2.05) is 0 Å². The van der Waals surface area contributed by atoms with Crippen molar-refractivity contribution in [2.75, 3.05) is 0 Å². The molecule has 1 aliphatic rings. The minimum atomic E-state index is -0.0673. The van der Waals surface area contributed by atoms with Crippen molar-refractivity contribution in [3.63, 3.8) is 0 Å². The van der Waals surface area contributed by atoms with Crippen molar-refractivity contribution in [1.82, 2.24) is 10.9 Å². The van der Waals surface area contributed by atoms with E-state index in [1.54, 1.807) is 0 Å². The maximum atomic E-state index is 10.7. The Morgan fingerprint density at radius 3 is 2.29 bits per heavy atom. The van der Waals surface area contributed by atoms with Gasteiger partial charge in [-0.05, 0) is 23.0 Å². The summed E-state index contributed by atoms with van der Waals surface area (Å²) in [5.74, 6) is 0. The average molecular weight is 232 g/mol. The molecule has 1 heterocycles.